The molecule has 3 rings (SSSR count). The molecule has 0 atom stereocenters. The number of benzene rings is 1. The number of hydrogen-bond acceptors (Lipinski definition) is 5. The molecule has 118 valence electrons. The van der Waals surface area contributed by atoms with Crippen LogP contribution in [-0.4, -0.2) is 42.5 Å². The van der Waals surface area contributed by atoms with Gasteiger partial charge in [-0.25, -0.2) is 9.37 Å². The van der Waals surface area contributed by atoms with Gasteiger partial charge in [0.25, 0.3) is 0 Å². The molecule has 0 radical (unpaired) electrons. The Bertz CT molecular complexity index is 641. The van der Waals surface area contributed by atoms with Crippen LogP contribution in [0.2, 0.25) is 0 Å². The van der Waals surface area contributed by atoms with E-state index < -0.39 is 0 Å². The van der Waals surface area contributed by atoms with Crippen molar-refractivity contribution in [1.29, 1.82) is 0 Å². The van der Waals surface area contributed by atoms with Crippen molar-refractivity contribution in [3.8, 4) is 11.5 Å². The molecule has 1 aliphatic heterocycles. The zero-order valence-electron chi connectivity index (χ0n) is 12.3. The monoisotopic (exact) mass is 416 g/mol. The maximum absolute atomic E-state index is 12.9. The summed E-state index contributed by atoms with van der Waals surface area (Å²) >= 11 is 0. The number of oxazole rings is 1. The highest BCUT2D eigenvalue weighted by molar-refractivity contribution is 14.0. The number of halogens is 2. The average Bonchev–Trinajstić information content (AvgIpc) is 3.10. The van der Waals surface area contributed by atoms with Crippen LogP contribution in [0.25, 0.3) is 11.5 Å². The smallest absolute Gasteiger partial charge is 0.226 e. The van der Waals surface area contributed by atoms with E-state index in [1.165, 1.54) is 12.1 Å². The Hall–Kier alpha value is -1.64. The predicted molar refractivity (Wildman–Crippen MR) is 94.0 cm³/mol. The Balaban J connectivity index is 0.00000176. The summed E-state index contributed by atoms with van der Waals surface area (Å²) in [5.74, 6) is 1.17. The van der Waals surface area contributed by atoms with Gasteiger partial charge in [-0.3, -0.25) is 4.99 Å². The van der Waals surface area contributed by atoms with Crippen molar-refractivity contribution in [2.45, 2.75) is 6.42 Å². The zero-order valence-corrected chi connectivity index (χ0v) is 14.6. The van der Waals surface area contributed by atoms with Gasteiger partial charge in [-0.15, -0.1) is 24.0 Å². The van der Waals surface area contributed by atoms with Crippen molar-refractivity contribution in [1.82, 2.24) is 15.2 Å². The van der Waals surface area contributed by atoms with E-state index in [1.54, 1.807) is 18.4 Å². The van der Waals surface area contributed by atoms with Crippen molar-refractivity contribution < 1.29 is 8.81 Å². The number of nitrogens with zero attached hydrogens (tertiary/aromatic N) is 3. The van der Waals surface area contributed by atoms with Gasteiger partial charge < -0.3 is 14.6 Å². The number of likely N-dealkylation sites (N-methyl/N-ethyl adjacent to an activating group) is 1. The molecule has 0 amide bonds. The van der Waals surface area contributed by atoms with Gasteiger partial charge in [0, 0.05) is 32.1 Å². The van der Waals surface area contributed by atoms with Crippen LogP contribution in [0.5, 0.6) is 0 Å². The van der Waals surface area contributed by atoms with Gasteiger partial charge in [0.05, 0.1) is 12.2 Å². The fourth-order valence-corrected chi connectivity index (χ4v) is 2.17. The van der Waals surface area contributed by atoms with E-state index in [0.29, 0.717) is 5.89 Å². The maximum Gasteiger partial charge on any atom is 0.226 e. The minimum absolute atomic E-state index is 0. The molecule has 5 nitrogen and oxygen atoms in total. The van der Waals surface area contributed by atoms with Crippen LogP contribution in [0.1, 0.15) is 5.69 Å². The van der Waals surface area contributed by atoms with Crippen molar-refractivity contribution >= 4 is 29.9 Å². The van der Waals surface area contributed by atoms with Crippen LogP contribution >= 0.6 is 24.0 Å². The summed E-state index contributed by atoms with van der Waals surface area (Å²) in [5.41, 5.74) is 1.64. The Morgan fingerprint density at radius 3 is 2.77 bits per heavy atom. The number of guanidine groups is 1. The first kappa shape index (κ1) is 16.7. The molecule has 2 aromatic rings. The molecule has 1 N–H and O–H groups in total. The van der Waals surface area contributed by atoms with Crippen LogP contribution in [0.4, 0.5) is 4.39 Å². The van der Waals surface area contributed by atoms with Crippen LogP contribution in [0.3, 0.4) is 0 Å². The third-order valence-electron chi connectivity index (χ3n) is 3.37. The number of aromatic nitrogens is 1. The Morgan fingerprint density at radius 2 is 2.09 bits per heavy atom. The van der Waals surface area contributed by atoms with E-state index in [9.17, 15) is 4.39 Å². The minimum Gasteiger partial charge on any atom is -0.444 e. The SMILES string of the molecule is CN1CCN=C1NCCc1coc(-c2ccc(F)cc2)n1.I. The molecule has 1 aliphatic rings. The second-order valence-corrected chi connectivity index (χ2v) is 4.95. The lowest BCUT2D eigenvalue weighted by atomic mass is 10.2. The molecular weight excluding hydrogens is 398 g/mol. The molecule has 22 heavy (non-hydrogen) atoms. The van der Waals surface area contributed by atoms with Crippen molar-refractivity contribution in [3.05, 3.63) is 42.0 Å². The van der Waals surface area contributed by atoms with Crippen LogP contribution in [0.15, 0.2) is 39.9 Å². The third kappa shape index (κ3) is 3.96. The molecular formula is C15H18FIN4O. The standard InChI is InChI=1S/C15H17FN4O.HI/c1-20-9-8-18-15(20)17-7-6-13-10-21-14(19-13)11-2-4-12(16)5-3-11;/h2-5,10H,6-9H2,1H3,(H,17,18);1H. The molecule has 0 aliphatic carbocycles. The second kappa shape index (κ2) is 7.57. The summed E-state index contributed by atoms with van der Waals surface area (Å²) in [6.07, 6.45) is 2.39. The Kier molecular flexibility index (Phi) is 5.76. The van der Waals surface area contributed by atoms with Gasteiger partial charge in [0.15, 0.2) is 5.96 Å². The van der Waals surface area contributed by atoms with E-state index in [4.69, 9.17) is 4.42 Å². The second-order valence-electron chi connectivity index (χ2n) is 4.95. The molecule has 0 bridgehead atoms. The zero-order chi connectivity index (χ0) is 14.7. The van der Waals surface area contributed by atoms with Gasteiger partial charge in [0.1, 0.15) is 12.1 Å². The normalized spacial score (nSPS) is 13.7. The molecule has 0 spiro atoms. The minimum atomic E-state index is -0.267. The largest absolute Gasteiger partial charge is 0.444 e. The van der Waals surface area contributed by atoms with Crippen molar-refractivity contribution in [2.75, 3.05) is 26.7 Å². The summed E-state index contributed by atoms with van der Waals surface area (Å²) in [6, 6.07) is 6.11. The molecule has 1 aromatic carbocycles. The van der Waals surface area contributed by atoms with Crippen LogP contribution in [-0.2, 0) is 6.42 Å². The van der Waals surface area contributed by atoms with Gasteiger partial charge in [0.2, 0.25) is 5.89 Å². The first-order valence-electron chi connectivity index (χ1n) is 6.92. The van der Waals surface area contributed by atoms with Crippen molar-refractivity contribution in [2.24, 2.45) is 4.99 Å². The summed E-state index contributed by atoms with van der Waals surface area (Å²) in [7, 11) is 2.02. The first-order valence-corrected chi connectivity index (χ1v) is 6.92. The summed E-state index contributed by atoms with van der Waals surface area (Å²) in [6.45, 7) is 2.55. The van der Waals surface area contributed by atoms with Gasteiger partial charge in [-0.05, 0) is 24.3 Å². The van der Waals surface area contributed by atoms with Gasteiger partial charge >= 0.3 is 0 Å². The average molecular weight is 416 g/mol. The van der Waals surface area contributed by atoms with Crippen LogP contribution < -0.4 is 5.32 Å². The fourth-order valence-electron chi connectivity index (χ4n) is 2.17. The summed E-state index contributed by atoms with van der Waals surface area (Å²) in [4.78, 5) is 10.9. The Labute approximate surface area is 145 Å². The van der Waals surface area contributed by atoms with Gasteiger partial charge in [-0.1, -0.05) is 0 Å². The summed E-state index contributed by atoms with van der Waals surface area (Å²) in [5, 5.41) is 3.28. The number of rotatable bonds is 4. The van der Waals surface area contributed by atoms with Crippen molar-refractivity contribution in [3.63, 3.8) is 0 Å². The number of aliphatic imine (C=N–C) groups is 1. The third-order valence-corrected chi connectivity index (χ3v) is 3.37. The Morgan fingerprint density at radius 1 is 1.32 bits per heavy atom. The quantitative estimate of drug-likeness (QED) is 0.779. The van der Waals surface area contributed by atoms with E-state index in [1.807, 2.05) is 7.05 Å². The first-order chi connectivity index (χ1) is 10.2. The van der Waals surface area contributed by atoms with E-state index in [2.05, 4.69) is 20.2 Å². The maximum atomic E-state index is 12.9. The fraction of sp³-hybridized carbons (Fsp3) is 0.333. The number of hydrogen-bond donors (Lipinski definition) is 1. The molecule has 0 fully saturated rings. The van der Waals surface area contributed by atoms with Crippen LogP contribution in [0, 0.1) is 5.82 Å². The van der Waals surface area contributed by atoms with E-state index in [-0.39, 0.29) is 29.8 Å². The number of nitrogens with one attached hydrogen (secondary N) is 1. The highest BCUT2D eigenvalue weighted by Gasteiger charge is 2.12. The lowest BCUT2D eigenvalue weighted by Crippen LogP contribution is -2.36. The molecule has 0 saturated carbocycles. The highest BCUT2D eigenvalue weighted by atomic mass is 127. The van der Waals surface area contributed by atoms with E-state index in [0.717, 1.165) is 43.3 Å². The van der Waals surface area contributed by atoms with E-state index >= 15 is 0 Å². The molecule has 0 unspecified atom stereocenters. The topological polar surface area (TPSA) is 53.7 Å². The molecule has 0 saturated heterocycles. The lowest BCUT2D eigenvalue weighted by molar-refractivity contribution is 0.534. The molecule has 1 aromatic heterocycles. The predicted octanol–water partition coefficient (Wildman–Crippen LogP) is 2.53. The molecule has 7 heteroatoms. The summed E-state index contributed by atoms with van der Waals surface area (Å²) < 4.78 is 18.3. The highest BCUT2D eigenvalue weighted by Crippen LogP contribution is 2.18. The van der Waals surface area contributed by atoms with Gasteiger partial charge in [-0.2, -0.15) is 0 Å². The molecule has 2 heterocycles. The lowest BCUT2D eigenvalue weighted by Gasteiger charge is -2.14.